The molecule has 0 aliphatic heterocycles. The van der Waals surface area contributed by atoms with Gasteiger partial charge in [0.2, 0.25) is 0 Å². The van der Waals surface area contributed by atoms with E-state index in [0.717, 1.165) is 11.3 Å². The molecule has 1 saturated carbocycles. The molecule has 0 bridgehead atoms. The minimum atomic E-state index is -0.154. The van der Waals surface area contributed by atoms with Gasteiger partial charge in [-0.2, -0.15) is 0 Å². The molecule has 1 fully saturated rings. The number of aliphatic hydroxyl groups excluding tert-OH is 1. The van der Waals surface area contributed by atoms with E-state index in [1.165, 1.54) is 37.0 Å². The molecule has 4 heteroatoms. The van der Waals surface area contributed by atoms with Crippen LogP contribution >= 0.6 is 11.3 Å². The summed E-state index contributed by atoms with van der Waals surface area (Å²) in [4.78, 5) is 13.8. The van der Waals surface area contributed by atoms with Crippen LogP contribution in [0.15, 0.2) is 12.1 Å². The third-order valence-corrected chi connectivity index (χ3v) is 4.80. The van der Waals surface area contributed by atoms with Gasteiger partial charge in [-0.25, -0.2) is 0 Å². The summed E-state index contributed by atoms with van der Waals surface area (Å²) in [5.74, 6) is 5.98. The lowest BCUT2D eigenvalue weighted by Crippen LogP contribution is -2.38. The Morgan fingerprint density at radius 2 is 2.20 bits per heavy atom. The molecule has 0 spiro atoms. The van der Waals surface area contributed by atoms with E-state index < -0.39 is 0 Å². The van der Waals surface area contributed by atoms with Gasteiger partial charge >= 0.3 is 0 Å². The van der Waals surface area contributed by atoms with E-state index >= 15 is 0 Å². The van der Waals surface area contributed by atoms with Gasteiger partial charge in [-0.1, -0.05) is 38.0 Å². The number of thiophene rings is 1. The topological polar surface area (TPSA) is 49.3 Å². The largest absolute Gasteiger partial charge is 0.384 e. The van der Waals surface area contributed by atoms with Gasteiger partial charge in [-0.3, -0.25) is 4.79 Å². The molecule has 20 heavy (non-hydrogen) atoms. The standard InChI is InChI=1S/C16H21NO2S/c1-12-6-3-2-4-8-14(12)17-16(19)15-10-9-13(20-15)7-5-11-18/h9-10,12,14,18H,2-4,6,8,11H2,1H3,(H,17,19). The first kappa shape index (κ1) is 15.1. The molecule has 1 aliphatic rings. The van der Waals surface area contributed by atoms with Crippen molar-refractivity contribution >= 4 is 17.2 Å². The highest BCUT2D eigenvalue weighted by Crippen LogP contribution is 2.24. The summed E-state index contributed by atoms with van der Waals surface area (Å²) in [6, 6.07) is 3.93. The first-order chi connectivity index (χ1) is 9.70. The van der Waals surface area contributed by atoms with E-state index in [9.17, 15) is 4.79 Å². The molecule has 1 aromatic rings. The first-order valence-electron chi connectivity index (χ1n) is 7.21. The summed E-state index contributed by atoms with van der Waals surface area (Å²) < 4.78 is 0. The van der Waals surface area contributed by atoms with Gasteiger partial charge in [-0.15, -0.1) is 11.3 Å². The summed E-state index contributed by atoms with van der Waals surface area (Å²) in [5.41, 5.74) is 0. The molecule has 1 aliphatic carbocycles. The zero-order valence-corrected chi connectivity index (χ0v) is 12.6. The van der Waals surface area contributed by atoms with Crippen LogP contribution in [0.1, 0.15) is 53.6 Å². The van der Waals surface area contributed by atoms with Crippen LogP contribution in [0.4, 0.5) is 0 Å². The van der Waals surface area contributed by atoms with Crippen LogP contribution in [-0.2, 0) is 0 Å². The fourth-order valence-electron chi connectivity index (χ4n) is 2.60. The molecule has 1 aromatic heterocycles. The molecule has 2 rings (SSSR count). The van der Waals surface area contributed by atoms with E-state index in [-0.39, 0.29) is 12.5 Å². The van der Waals surface area contributed by atoms with E-state index in [0.29, 0.717) is 16.8 Å². The predicted molar refractivity (Wildman–Crippen MR) is 81.8 cm³/mol. The van der Waals surface area contributed by atoms with Crippen molar-refractivity contribution in [3.8, 4) is 11.8 Å². The van der Waals surface area contributed by atoms with E-state index in [1.807, 2.05) is 12.1 Å². The molecule has 0 saturated heterocycles. The van der Waals surface area contributed by atoms with Gasteiger partial charge < -0.3 is 10.4 Å². The second-order valence-corrected chi connectivity index (χ2v) is 6.40. The number of rotatable bonds is 2. The Bertz CT molecular complexity index is 512. The number of hydrogen-bond donors (Lipinski definition) is 2. The molecule has 1 heterocycles. The minimum absolute atomic E-state index is 0.00537. The zero-order valence-electron chi connectivity index (χ0n) is 11.8. The number of aliphatic hydroxyl groups is 1. The second kappa shape index (κ2) is 7.47. The van der Waals surface area contributed by atoms with Crippen molar-refractivity contribution in [2.45, 2.75) is 45.1 Å². The van der Waals surface area contributed by atoms with Gasteiger partial charge in [0.15, 0.2) is 0 Å². The van der Waals surface area contributed by atoms with Crippen LogP contribution in [0.5, 0.6) is 0 Å². The molecule has 0 radical (unpaired) electrons. The number of hydrogen-bond acceptors (Lipinski definition) is 3. The zero-order chi connectivity index (χ0) is 14.4. The van der Waals surface area contributed by atoms with Gasteiger partial charge in [0.05, 0.1) is 9.75 Å². The molecule has 2 N–H and O–H groups in total. The molecule has 1 amide bonds. The van der Waals surface area contributed by atoms with E-state index in [2.05, 4.69) is 24.1 Å². The fraction of sp³-hybridized carbons (Fsp3) is 0.562. The van der Waals surface area contributed by atoms with Crippen molar-refractivity contribution < 1.29 is 9.90 Å². The van der Waals surface area contributed by atoms with Crippen molar-refractivity contribution in [2.24, 2.45) is 5.92 Å². The van der Waals surface area contributed by atoms with Crippen molar-refractivity contribution in [2.75, 3.05) is 6.61 Å². The molecule has 0 aromatic carbocycles. The number of nitrogens with one attached hydrogen (secondary N) is 1. The van der Waals surface area contributed by atoms with Crippen LogP contribution in [0, 0.1) is 17.8 Å². The van der Waals surface area contributed by atoms with Crippen LogP contribution in [0.3, 0.4) is 0 Å². The molecule has 2 unspecified atom stereocenters. The highest BCUT2D eigenvalue weighted by atomic mass is 32.1. The lowest BCUT2D eigenvalue weighted by molar-refractivity contribution is 0.0925. The maximum Gasteiger partial charge on any atom is 0.261 e. The molecular formula is C16H21NO2S. The Morgan fingerprint density at radius 3 is 3.00 bits per heavy atom. The molecule has 2 atom stereocenters. The Hall–Kier alpha value is -1.31. The van der Waals surface area contributed by atoms with Gasteiger partial charge in [0.25, 0.3) is 5.91 Å². The monoisotopic (exact) mass is 291 g/mol. The summed E-state index contributed by atoms with van der Waals surface area (Å²) >= 11 is 1.38. The smallest absolute Gasteiger partial charge is 0.261 e. The fourth-order valence-corrected chi connectivity index (χ4v) is 3.38. The quantitative estimate of drug-likeness (QED) is 0.650. The Morgan fingerprint density at radius 1 is 1.40 bits per heavy atom. The van der Waals surface area contributed by atoms with Gasteiger partial charge in [0.1, 0.15) is 6.61 Å². The van der Waals surface area contributed by atoms with Crippen molar-refractivity contribution in [1.29, 1.82) is 0 Å². The van der Waals surface area contributed by atoms with Crippen LogP contribution in [0.2, 0.25) is 0 Å². The third kappa shape index (κ3) is 4.09. The van der Waals surface area contributed by atoms with Gasteiger partial charge in [0, 0.05) is 6.04 Å². The highest BCUT2D eigenvalue weighted by Gasteiger charge is 2.22. The Balaban J connectivity index is 1.98. The first-order valence-corrected chi connectivity index (χ1v) is 8.03. The van der Waals surface area contributed by atoms with Crippen molar-refractivity contribution in [3.05, 3.63) is 21.9 Å². The second-order valence-electron chi connectivity index (χ2n) is 5.32. The third-order valence-electron chi connectivity index (χ3n) is 3.80. The maximum absolute atomic E-state index is 12.3. The Kier molecular flexibility index (Phi) is 5.63. The van der Waals surface area contributed by atoms with Crippen LogP contribution in [-0.4, -0.2) is 23.7 Å². The Labute approximate surface area is 124 Å². The molecular weight excluding hydrogens is 270 g/mol. The summed E-state index contributed by atoms with van der Waals surface area (Å²) in [6.07, 6.45) is 6.02. The lowest BCUT2D eigenvalue weighted by Gasteiger charge is -2.22. The molecule has 3 nitrogen and oxygen atoms in total. The minimum Gasteiger partial charge on any atom is -0.384 e. The van der Waals surface area contributed by atoms with Crippen LogP contribution in [0.25, 0.3) is 0 Å². The number of amides is 1. The van der Waals surface area contributed by atoms with E-state index in [4.69, 9.17) is 5.11 Å². The summed E-state index contributed by atoms with van der Waals surface area (Å²) in [7, 11) is 0. The molecule has 108 valence electrons. The average Bonchev–Trinajstić information content (AvgIpc) is 2.83. The van der Waals surface area contributed by atoms with Gasteiger partial charge in [-0.05, 0) is 30.9 Å². The SMILES string of the molecule is CC1CCCCCC1NC(=O)c1ccc(C#CCO)s1. The normalized spacial score (nSPS) is 22.5. The lowest BCUT2D eigenvalue weighted by atomic mass is 9.97. The van der Waals surface area contributed by atoms with Crippen LogP contribution < -0.4 is 5.32 Å². The maximum atomic E-state index is 12.3. The summed E-state index contributed by atoms with van der Waals surface area (Å²) in [6.45, 7) is 2.07. The number of carbonyl (C=O) groups is 1. The average molecular weight is 291 g/mol. The van der Waals surface area contributed by atoms with E-state index in [1.54, 1.807) is 0 Å². The van der Waals surface area contributed by atoms with Crippen molar-refractivity contribution in [1.82, 2.24) is 5.32 Å². The predicted octanol–water partition coefficient (Wildman–Crippen LogP) is 2.79. The highest BCUT2D eigenvalue weighted by molar-refractivity contribution is 7.14. The summed E-state index contributed by atoms with van der Waals surface area (Å²) in [5, 5.41) is 11.8. The van der Waals surface area contributed by atoms with Crippen molar-refractivity contribution in [3.63, 3.8) is 0 Å². The number of carbonyl (C=O) groups excluding carboxylic acids is 1.